The van der Waals surface area contributed by atoms with Crippen LogP contribution in [0.2, 0.25) is 0 Å². The quantitative estimate of drug-likeness (QED) is 0.242. The maximum absolute atomic E-state index is 15.2. The summed E-state index contributed by atoms with van der Waals surface area (Å²) in [6.07, 6.45) is -4.06. The number of piperazine rings is 1. The smallest absolute Gasteiger partial charge is 0.366 e. The summed E-state index contributed by atoms with van der Waals surface area (Å²) in [5, 5.41) is 0. The lowest BCUT2D eigenvalue weighted by atomic mass is 10.0. The Morgan fingerprint density at radius 3 is 2.17 bits per heavy atom. The molecule has 0 spiro atoms. The van der Waals surface area contributed by atoms with Crippen LogP contribution >= 0.6 is 0 Å². The first kappa shape index (κ1) is 36.5. The molecule has 274 valence electrons. The number of hydrogen-bond acceptors (Lipinski definition) is 6. The van der Waals surface area contributed by atoms with E-state index >= 15 is 4.39 Å². The van der Waals surface area contributed by atoms with Gasteiger partial charge in [0.2, 0.25) is 5.91 Å². The molecule has 10 nitrogen and oxygen atoms in total. The molecule has 0 aliphatic carbocycles. The van der Waals surface area contributed by atoms with Crippen LogP contribution in [0.15, 0.2) is 76.3 Å². The van der Waals surface area contributed by atoms with Gasteiger partial charge in [0.05, 0.1) is 30.3 Å². The molecule has 6 rings (SSSR count). The Labute approximate surface area is 295 Å². The first-order valence-electron chi connectivity index (χ1n) is 16.8. The Morgan fingerprint density at radius 2 is 1.54 bits per heavy atom. The zero-order valence-electron chi connectivity index (χ0n) is 28.3. The third kappa shape index (κ3) is 7.22. The summed E-state index contributed by atoms with van der Waals surface area (Å²) in [5.74, 6) is -2.94. The van der Waals surface area contributed by atoms with Crippen molar-refractivity contribution in [2.75, 3.05) is 37.6 Å². The first-order chi connectivity index (χ1) is 24.8. The van der Waals surface area contributed by atoms with Crippen LogP contribution in [0.4, 0.5) is 27.6 Å². The SMILES string of the molecule is Cc1c(N2CCN(Cc3cccc(C(N)=O)c3F)CC2)c(=O)n(C[C@@H](c2ccccc2)N2CCCC2=O)c(=O)n1Cc1c(F)cccc1C(F)(F)F. The molecule has 0 radical (unpaired) electrons. The number of likely N-dealkylation sites (tertiary alicyclic amines) is 1. The Hall–Kier alpha value is -5.31. The third-order valence-electron chi connectivity index (χ3n) is 9.85. The van der Waals surface area contributed by atoms with Crippen molar-refractivity contribution in [1.29, 1.82) is 0 Å². The van der Waals surface area contributed by atoms with Crippen LogP contribution in [0.1, 0.15) is 57.2 Å². The van der Waals surface area contributed by atoms with E-state index in [1.807, 2.05) is 4.90 Å². The van der Waals surface area contributed by atoms with Crippen LogP contribution in [0, 0.1) is 18.6 Å². The number of nitrogens with two attached hydrogens (primary N) is 1. The molecule has 2 aliphatic rings. The number of hydrogen-bond donors (Lipinski definition) is 1. The minimum atomic E-state index is -4.92. The highest BCUT2D eigenvalue weighted by molar-refractivity contribution is 5.93. The van der Waals surface area contributed by atoms with Gasteiger partial charge in [-0.1, -0.05) is 48.5 Å². The number of primary amides is 1. The summed E-state index contributed by atoms with van der Waals surface area (Å²) in [4.78, 5) is 58.5. The molecular weight excluding hydrogens is 687 g/mol. The van der Waals surface area contributed by atoms with Gasteiger partial charge in [0.15, 0.2) is 0 Å². The van der Waals surface area contributed by atoms with E-state index < -0.39 is 58.7 Å². The van der Waals surface area contributed by atoms with Crippen molar-refractivity contribution in [3.05, 3.63) is 133 Å². The van der Waals surface area contributed by atoms with Crippen LogP contribution in [0.25, 0.3) is 0 Å². The molecule has 0 saturated carbocycles. The molecule has 4 aromatic rings. The topological polar surface area (TPSA) is 114 Å². The molecule has 3 heterocycles. The van der Waals surface area contributed by atoms with Crippen molar-refractivity contribution in [2.24, 2.45) is 5.73 Å². The fraction of sp³-hybridized carbons (Fsp3) is 0.351. The summed E-state index contributed by atoms with van der Waals surface area (Å²) in [7, 11) is 0. The number of amides is 2. The number of halogens is 5. The van der Waals surface area contributed by atoms with Gasteiger partial charge in [0, 0.05) is 62.5 Å². The fourth-order valence-corrected chi connectivity index (χ4v) is 7.13. The van der Waals surface area contributed by atoms with E-state index in [1.165, 1.54) is 19.1 Å². The van der Waals surface area contributed by atoms with Crippen LogP contribution < -0.4 is 21.9 Å². The maximum atomic E-state index is 15.2. The number of benzene rings is 3. The van der Waals surface area contributed by atoms with Crippen LogP contribution in [0.5, 0.6) is 0 Å². The number of alkyl halides is 3. The standard InChI is InChI=1S/C37H37F5N6O4/c1-23-33(45-18-16-44(17-19-45)20-25-10-5-11-26(32(25)39)34(43)50)35(51)48(22-30(24-8-3-2-4-9-24)46-15-7-14-31(46)49)36(52)47(23)21-27-28(37(40,41)42)12-6-13-29(27)38/h2-6,8-13,30H,7,14-22H2,1H3,(H2,43,50)/t30-/m0/s1. The second kappa shape index (κ2) is 14.7. The molecule has 0 bridgehead atoms. The first-order valence-corrected chi connectivity index (χ1v) is 16.8. The maximum Gasteiger partial charge on any atom is 0.416 e. The van der Waals surface area contributed by atoms with E-state index in [9.17, 15) is 36.7 Å². The highest BCUT2D eigenvalue weighted by atomic mass is 19.4. The third-order valence-corrected chi connectivity index (χ3v) is 9.85. The molecule has 1 atom stereocenters. The van der Waals surface area contributed by atoms with Gasteiger partial charge in [0.25, 0.3) is 11.5 Å². The average Bonchev–Trinajstić information content (AvgIpc) is 3.53. The van der Waals surface area contributed by atoms with Crippen molar-refractivity contribution < 1.29 is 31.5 Å². The van der Waals surface area contributed by atoms with Crippen molar-refractivity contribution in [3.63, 3.8) is 0 Å². The Kier molecular flexibility index (Phi) is 10.3. The van der Waals surface area contributed by atoms with Crippen molar-refractivity contribution in [2.45, 2.75) is 51.6 Å². The minimum absolute atomic E-state index is 0.0461. The molecule has 1 aromatic heterocycles. The molecule has 2 amide bonds. The number of nitrogens with zero attached hydrogens (tertiary/aromatic N) is 5. The van der Waals surface area contributed by atoms with E-state index in [2.05, 4.69) is 0 Å². The van der Waals surface area contributed by atoms with Gasteiger partial charge in [-0.25, -0.2) is 13.6 Å². The average molecular weight is 725 g/mol. The Balaban J connectivity index is 1.41. The monoisotopic (exact) mass is 724 g/mol. The number of carbonyl (C=O) groups is 2. The number of anilines is 1. The number of aromatic nitrogens is 2. The minimum Gasteiger partial charge on any atom is -0.366 e. The molecule has 2 N–H and O–H groups in total. The molecule has 3 aromatic carbocycles. The van der Waals surface area contributed by atoms with Gasteiger partial charge >= 0.3 is 11.9 Å². The normalized spacial score (nSPS) is 16.1. The largest absolute Gasteiger partial charge is 0.416 e. The summed E-state index contributed by atoms with van der Waals surface area (Å²) >= 11 is 0. The van der Waals surface area contributed by atoms with E-state index in [-0.39, 0.29) is 61.0 Å². The van der Waals surface area contributed by atoms with Crippen molar-refractivity contribution in [1.82, 2.24) is 18.9 Å². The Bertz CT molecular complexity index is 2110. The molecule has 2 aliphatic heterocycles. The van der Waals surface area contributed by atoms with Gasteiger partial charge in [-0.2, -0.15) is 13.2 Å². The molecule has 15 heteroatoms. The zero-order chi connectivity index (χ0) is 37.3. The van der Waals surface area contributed by atoms with E-state index in [0.29, 0.717) is 31.6 Å². The van der Waals surface area contributed by atoms with Gasteiger partial charge in [-0.05, 0) is 37.1 Å². The van der Waals surface area contributed by atoms with Crippen molar-refractivity contribution >= 4 is 17.5 Å². The second-order valence-electron chi connectivity index (χ2n) is 13.0. The van der Waals surface area contributed by atoms with Crippen LogP contribution in [-0.4, -0.2) is 63.5 Å². The second-order valence-corrected chi connectivity index (χ2v) is 13.0. The van der Waals surface area contributed by atoms with E-state index in [1.54, 1.807) is 46.2 Å². The molecule has 52 heavy (non-hydrogen) atoms. The van der Waals surface area contributed by atoms with E-state index in [4.69, 9.17) is 5.73 Å². The predicted molar refractivity (Wildman–Crippen MR) is 183 cm³/mol. The van der Waals surface area contributed by atoms with Crippen molar-refractivity contribution in [3.8, 4) is 0 Å². The lowest BCUT2D eigenvalue weighted by Crippen LogP contribution is -2.52. The highest BCUT2D eigenvalue weighted by Gasteiger charge is 2.36. The molecule has 2 saturated heterocycles. The summed E-state index contributed by atoms with van der Waals surface area (Å²) in [5.41, 5.74) is 2.43. The summed E-state index contributed by atoms with van der Waals surface area (Å²) < 4.78 is 74.3. The highest BCUT2D eigenvalue weighted by Crippen LogP contribution is 2.34. The molecule has 2 fully saturated rings. The fourth-order valence-electron chi connectivity index (χ4n) is 7.13. The number of carbonyl (C=O) groups excluding carboxylic acids is 2. The lowest BCUT2D eigenvalue weighted by molar-refractivity contribution is -0.138. The van der Waals surface area contributed by atoms with Gasteiger partial charge in [-0.15, -0.1) is 0 Å². The number of rotatable bonds is 10. The summed E-state index contributed by atoms with van der Waals surface area (Å²) in [6.45, 7) is 1.92. The van der Waals surface area contributed by atoms with Gasteiger partial charge in [0.1, 0.15) is 17.3 Å². The van der Waals surface area contributed by atoms with Gasteiger partial charge in [-0.3, -0.25) is 28.4 Å². The predicted octanol–water partition coefficient (Wildman–Crippen LogP) is 4.45. The molecular formula is C37H37F5N6O4. The van der Waals surface area contributed by atoms with E-state index in [0.717, 1.165) is 27.3 Å². The zero-order valence-corrected chi connectivity index (χ0v) is 28.3. The van der Waals surface area contributed by atoms with Crippen LogP contribution in [-0.2, 0) is 30.6 Å². The van der Waals surface area contributed by atoms with Gasteiger partial charge < -0.3 is 15.5 Å². The lowest BCUT2D eigenvalue weighted by Gasteiger charge is -2.37. The molecule has 0 unspecified atom stereocenters. The summed E-state index contributed by atoms with van der Waals surface area (Å²) in [6, 6.07) is 15.0. The van der Waals surface area contributed by atoms with Crippen LogP contribution in [0.3, 0.4) is 0 Å². The Morgan fingerprint density at radius 1 is 0.846 bits per heavy atom.